The SMILES string of the molecule is Brc1c2c(c(-c3ccccc3)c3ccc(-c4ccccc4)cc13)C=[C+]C=C2. The minimum Gasteiger partial charge on any atom is -0.0622 e. The van der Waals surface area contributed by atoms with Crippen molar-refractivity contribution in [2.45, 2.75) is 0 Å². The molecule has 4 aromatic carbocycles. The second-order valence-electron chi connectivity index (χ2n) is 6.65. The lowest BCUT2D eigenvalue weighted by Gasteiger charge is -2.14. The number of halogens is 1. The molecule has 0 amide bonds. The van der Waals surface area contributed by atoms with E-state index < -0.39 is 0 Å². The molecule has 0 heterocycles. The Kier molecular flexibility index (Phi) is 3.98. The summed E-state index contributed by atoms with van der Waals surface area (Å²) < 4.78 is 1.14. The van der Waals surface area contributed by atoms with Gasteiger partial charge in [-0.05, 0) is 38.7 Å². The zero-order valence-electron chi connectivity index (χ0n) is 14.6. The zero-order valence-corrected chi connectivity index (χ0v) is 16.2. The summed E-state index contributed by atoms with van der Waals surface area (Å²) in [6, 6.07) is 27.9. The van der Waals surface area contributed by atoms with Crippen LogP contribution in [0.15, 0.2) is 89.4 Å². The Bertz CT molecular complexity index is 1200. The van der Waals surface area contributed by atoms with Crippen LogP contribution >= 0.6 is 15.9 Å². The fourth-order valence-electron chi connectivity index (χ4n) is 3.79. The fraction of sp³-hybridized carbons (Fsp3) is 0. The number of hydrogen-bond donors (Lipinski definition) is 0. The largest absolute Gasteiger partial charge is 0.111 e. The van der Waals surface area contributed by atoms with Gasteiger partial charge in [0.1, 0.15) is 23.3 Å². The lowest BCUT2D eigenvalue weighted by Crippen LogP contribution is -1.95. The van der Waals surface area contributed by atoms with Gasteiger partial charge in [-0.15, -0.1) is 0 Å². The van der Waals surface area contributed by atoms with Crippen LogP contribution < -0.4 is 0 Å². The molecule has 0 unspecified atom stereocenters. The molecule has 27 heavy (non-hydrogen) atoms. The van der Waals surface area contributed by atoms with Crippen molar-refractivity contribution in [3.8, 4) is 22.3 Å². The minimum absolute atomic E-state index is 1.14. The zero-order chi connectivity index (χ0) is 18.2. The third-order valence-electron chi connectivity index (χ3n) is 5.06. The van der Waals surface area contributed by atoms with Crippen LogP contribution in [0.2, 0.25) is 0 Å². The molecular formula is C26H16Br+. The predicted octanol–water partition coefficient (Wildman–Crippen LogP) is 7.78. The van der Waals surface area contributed by atoms with E-state index >= 15 is 0 Å². The van der Waals surface area contributed by atoms with E-state index in [9.17, 15) is 0 Å². The number of rotatable bonds is 2. The van der Waals surface area contributed by atoms with E-state index in [1.807, 2.05) is 6.08 Å². The molecule has 0 nitrogen and oxygen atoms in total. The van der Waals surface area contributed by atoms with Crippen molar-refractivity contribution in [3.05, 3.63) is 107 Å². The lowest BCUT2D eigenvalue weighted by atomic mass is 9.87. The maximum atomic E-state index is 3.88. The van der Waals surface area contributed by atoms with Gasteiger partial charge < -0.3 is 0 Å². The van der Waals surface area contributed by atoms with Gasteiger partial charge in [-0.2, -0.15) is 0 Å². The highest BCUT2D eigenvalue weighted by Gasteiger charge is 2.24. The van der Waals surface area contributed by atoms with Gasteiger partial charge in [-0.3, -0.25) is 0 Å². The minimum atomic E-state index is 1.14. The van der Waals surface area contributed by atoms with Crippen molar-refractivity contribution in [2.24, 2.45) is 0 Å². The first-order valence-electron chi connectivity index (χ1n) is 8.99. The van der Waals surface area contributed by atoms with Crippen molar-refractivity contribution in [3.63, 3.8) is 0 Å². The van der Waals surface area contributed by atoms with Gasteiger partial charge in [0.25, 0.3) is 0 Å². The standard InChI is InChI=1S/C26H16Br/c27-26-23-14-8-7-13-21(23)25(19-11-5-2-6-12-19)22-16-15-20(17-24(22)26)18-9-3-1-4-10-18/h1-6,8-17H/q+1. The number of benzene rings is 4. The maximum absolute atomic E-state index is 3.88. The topological polar surface area (TPSA) is 0 Å². The highest BCUT2D eigenvalue weighted by atomic mass is 79.9. The molecule has 0 N–H and O–H groups in total. The quantitative estimate of drug-likeness (QED) is 0.297. The van der Waals surface area contributed by atoms with Gasteiger partial charge in [-0.1, -0.05) is 72.8 Å². The van der Waals surface area contributed by atoms with Crippen LogP contribution in [0.5, 0.6) is 0 Å². The average Bonchev–Trinajstić information content (AvgIpc) is 2.75. The van der Waals surface area contributed by atoms with E-state index in [4.69, 9.17) is 0 Å². The Balaban J connectivity index is 1.87. The van der Waals surface area contributed by atoms with Crippen molar-refractivity contribution in [1.82, 2.24) is 0 Å². The summed E-state index contributed by atoms with van der Waals surface area (Å²) >= 11 is 3.88. The third-order valence-corrected chi connectivity index (χ3v) is 5.92. The summed E-state index contributed by atoms with van der Waals surface area (Å²) in [6.45, 7) is 0. The highest BCUT2D eigenvalue weighted by molar-refractivity contribution is 9.10. The fourth-order valence-corrected chi connectivity index (χ4v) is 4.46. The number of fused-ring (bicyclic) bond motifs is 2. The van der Waals surface area contributed by atoms with E-state index in [-0.39, 0.29) is 0 Å². The van der Waals surface area contributed by atoms with Crippen LogP contribution in [0.1, 0.15) is 11.1 Å². The van der Waals surface area contributed by atoms with Gasteiger partial charge in [0.15, 0.2) is 0 Å². The molecule has 1 heteroatoms. The van der Waals surface area contributed by atoms with Gasteiger partial charge >= 0.3 is 0 Å². The Morgan fingerprint density at radius 3 is 2.07 bits per heavy atom. The van der Waals surface area contributed by atoms with E-state index in [2.05, 4.69) is 113 Å². The van der Waals surface area contributed by atoms with Crippen LogP contribution in [-0.2, 0) is 0 Å². The van der Waals surface area contributed by atoms with E-state index in [1.54, 1.807) is 0 Å². The summed E-state index contributed by atoms with van der Waals surface area (Å²) in [4.78, 5) is 0. The molecule has 0 radical (unpaired) electrons. The maximum Gasteiger partial charge on any atom is 0.111 e. The van der Waals surface area contributed by atoms with Gasteiger partial charge in [-0.25, -0.2) is 0 Å². The van der Waals surface area contributed by atoms with Crippen LogP contribution in [0.3, 0.4) is 0 Å². The Labute approximate surface area is 167 Å². The summed E-state index contributed by atoms with van der Waals surface area (Å²) in [6.07, 6.45) is 9.46. The lowest BCUT2D eigenvalue weighted by molar-refractivity contribution is 1.56. The molecule has 0 aromatic heterocycles. The molecule has 1 aliphatic carbocycles. The van der Waals surface area contributed by atoms with Crippen LogP contribution in [-0.4, -0.2) is 0 Å². The van der Waals surface area contributed by atoms with Crippen molar-refractivity contribution >= 4 is 38.9 Å². The Morgan fingerprint density at radius 1 is 0.630 bits per heavy atom. The predicted molar refractivity (Wildman–Crippen MR) is 119 cm³/mol. The van der Waals surface area contributed by atoms with Crippen molar-refractivity contribution in [1.29, 1.82) is 0 Å². The Morgan fingerprint density at radius 2 is 1.33 bits per heavy atom. The monoisotopic (exact) mass is 407 g/mol. The molecule has 0 saturated heterocycles. The molecule has 126 valence electrons. The van der Waals surface area contributed by atoms with Crippen LogP contribution in [0.25, 0.3) is 45.2 Å². The summed E-state index contributed by atoms with van der Waals surface area (Å²) in [5, 5.41) is 2.48. The average molecular weight is 408 g/mol. The molecule has 5 rings (SSSR count). The van der Waals surface area contributed by atoms with E-state index in [0.29, 0.717) is 0 Å². The van der Waals surface area contributed by atoms with Crippen LogP contribution in [0.4, 0.5) is 0 Å². The molecular weight excluding hydrogens is 392 g/mol. The molecule has 0 spiro atoms. The first kappa shape index (κ1) is 16.2. The summed E-state index contributed by atoms with van der Waals surface area (Å²) in [5.41, 5.74) is 7.38. The highest BCUT2D eigenvalue weighted by Crippen LogP contribution is 2.43. The smallest absolute Gasteiger partial charge is 0.0622 e. The molecule has 0 bridgehead atoms. The summed E-state index contributed by atoms with van der Waals surface area (Å²) in [7, 11) is 0. The van der Waals surface area contributed by atoms with Gasteiger partial charge in [0.2, 0.25) is 0 Å². The summed E-state index contributed by atoms with van der Waals surface area (Å²) in [5.74, 6) is 0. The normalized spacial score (nSPS) is 12.0. The van der Waals surface area contributed by atoms with Crippen LogP contribution in [0, 0.1) is 6.08 Å². The third kappa shape index (κ3) is 2.73. The van der Waals surface area contributed by atoms with E-state index in [1.165, 1.54) is 44.2 Å². The molecule has 0 saturated carbocycles. The molecule has 1 aliphatic rings. The van der Waals surface area contributed by atoms with Crippen molar-refractivity contribution < 1.29 is 0 Å². The first-order chi connectivity index (χ1) is 13.3. The second kappa shape index (κ2) is 6.63. The van der Waals surface area contributed by atoms with Crippen molar-refractivity contribution in [2.75, 3.05) is 0 Å². The molecule has 4 aromatic rings. The second-order valence-corrected chi connectivity index (χ2v) is 7.45. The van der Waals surface area contributed by atoms with Gasteiger partial charge in [0.05, 0.1) is 16.1 Å². The number of hydrogen-bond acceptors (Lipinski definition) is 0. The molecule has 0 aliphatic heterocycles. The Hall–Kier alpha value is -2.99. The first-order valence-corrected chi connectivity index (χ1v) is 9.78. The number of allylic oxidation sites excluding steroid dienone is 2. The molecule has 0 atom stereocenters. The van der Waals surface area contributed by atoms with E-state index in [0.717, 1.165) is 4.47 Å². The molecule has 0 fully saturated rings. The van der Waals surface area contributed by atoms with Gasteiger partial charge in [0, 0.05) is 16.8 Å².